The van der Waals surface area contributed by atoms with Gasteiger partial charge in [-0.15, -0.1) is 0 Å². The van der Waals surface area contributed by atoms with Crippen molar-refractivity contribution in [2.75, 3.05) is 7.05 Å². The zero-order valence-corrected chi connectivity index (χ0v) is 10.3. The Labute approximate surface area is 102 Å². The molecule has 94 valence electrons. The lowest BCUT2D eigenvalue weighted by molar-refractivity contribution is 0.143. The molecule has 2 rings (SSSR count). The van der Waals surface area contributed by atoms with Crippen molar-refractivity contribution < 1.29 is 9.13 Å². The molecule has 1 saturated carbocycles. The van der Waals surface area contributed by atoms with Crippen molar-refractivity contribution in [3.8, 4) is 5.75 Å². The Bertz CT molecular complexity index is 356. The van der Waals surface area contributed by atoms with Crippen molar-refractivity contribution in [1.29, 1.82) is 0 Å². The van der Waals surface area contributed by atoms with Crippen molar-refractivity contribution in [2.45, 2.75) is 44.2 Å². The van der Waals surface area contributed by atoms with Gasteiger partial charge in [-0.1, -0.05) is 25.0 Å². The first-order chi connectivity index (χ1) is 8.31. The number of hydrogen-bond donors (Lipinski definition) is 1. The van der Waals surface area contributed by atoms with Gasteiger partial charge in [0.15, 0.2) is 11.6 Å². The molecule has 1 aliphatic rings. The highest BCUT2D eigenvalue weighted by molar-refractivity contribution is 5.24. The van der Waals surface area contributed by atoms with Crippen LogP contribution in [-0.2, 0) is 0 Å². The fourth-order valence-electron chi connectivity index (χ4n) is 2.45. The Balaban J connectivity index is 2.07. The molecule has 1 fully saturated rings. The van der Waals surface area contributed by atoms with Crippen LogP contribution in [0.1, 0.15) is 32.1 Å². The molecule has 2 nitrogen and oxygen atoms in total. The number of halogens is 1. The van der Waals surface area contributed by atoms with Gasteiger partial charge in [0.05, 0.1) is 0 Å². The second-order valence-electron chi connectivity index (χ2n) is 4.62. The molecule has 0 aliphatic heterocycles. The molecule has 0 bridgehead atoms. The lowest BCUT2D eigenvalue weighted by atomic mass is 10.1. The topological polar surface area (TPSA) is 21.3 Å². The summed E-state index contributed by atoms with van der Waals surface area (Å²) in [6.45, 7) is 0. The molecule has 2 atom stereocenters. The van der Waals surface area contributed by atoms with Crippen LogP contribution in [-0.4, -0.2) is 19.2 Å². The van der Waals surface area contributed by atoms with Crippen molar-refractivity contribution in [1.82, 2.24) is 5.32 Å². The number of nitrogens with one attached hydrogen (secondary N) is 1. The van der Waals surface area contributed by atoms with E-state index in [1.807, 2.05) is 13.1 Å². The van der Waals surface area contributed by atoms with Gasteiger partial charge in [-0.3, -0.25) is 0 Å². The van der Waals surface area contributed by atoms with Crippen molar-refractivity contribution in [3.63, 3.8) is 0 Å². The highest BCUT2D eigenvalue weighted by Gasteiger charge is 2.24. The van der Waals surface area contributed by atoms with Crippen LogP contribution < -0.4 is 10.1 Å². The maximum atomic E-state index is 13.5. The summed E-state index contributed by atoms with van der Waals surface area (Å²) >= 11 is 0. The smallest absolute Gasteiger partial charge is 0.165 e. The molecule has 0 radical (unpaired) electrons. The minimum Gasteiger partial charge on any atom is -0.486 e. The van der Waals surface area contributed by atoms with Crippen LogP contribution in [0.4, 0.5) is 4.39 Å². The van der Waals surface area contributed by atoms with Crippen LogP contribution in [0.25, 0.3) is 0 Å². The summed E-state index contributed by atoms with van der Waals surface area (Å²) in [5.41, 5.74) is 0. The molecule has 0 saturated heterocycles. The number of benzene rings is 1. The maximum absolute atomic E-state index is 13.5. The van der Waals surface area contributed by atoms with E-state index in [2.05, 4.69) is 5.32 Å². The summed E-state index contributed by atoms with van der Waals surface area (Å²) < 4.78 is 19.4. The van der Waals surface area contributed by atoms with Crippen LogP contribution in [0.5, 0.6) is 5.75 Å². The van der Waals surface area contributed by atoms with Crippen LogP contribution in [0, 0.1) is 5.82 Å². The fraction of sp³-hybridized carbons (Fsp3) is 0.571. The lowest BCUT2D eigenvalue weighted by Gasteiger charge is -2.25. The average molecular weight is 237 g/mol. The predicted molar refractivity (Wildman–Crippen MR) is 66.7 cm³/mol. The minimum absolute atomic E-state index is 0.0828. The molecule has 1 N–H and O–H groups in total. The van der Waals surface area contributed by atoms with E-state index in [0.717, 1.165) is 19.3 Å². The Morgan fingerprint density at radius 1 is 1.18 bits per heavy atom. The van der Waals surface area contributed by atoms with E-state index in [0.29, 0.717) is 11.8 Å². The largest absolute Gasteiger partial charge is 0.486 e. The summed E-state index contributed by atoms with van der Waals surface area (Å²) in [4.78, 5) is 0. The predicted octanol–water partition coefficient (Wildman–Crippen LogP) is 3.13. The number of likely N-dealkylation sites (N-methyl/N-ethyl adjacent to an activating group) is 1. The molecule has 0 spiro atoms. The van der Waals surface area contributed by atoms with E-state index in [1.165, 1.54) is 18.9 Å². The van der Waals surface area contributed by atoms with Gasteiger partial charge in [0, 0.05) is 6.04 Å². The van der Waals surface area contributed by atoms with Crippen LogP contribution in [0.3, 0.4) is 0 Å². The van der Waals surface area contributed by atoms with Gasteiger partial charge in [0.1, 0.15) is 6.10 Å². The van der Waals surface area contributed by atoms with Crippen molar-refractivity contribution in [3.05, 3.63) is 30.1 Å². The zero-order chi connectivity index (χ0) is 12.1. The lowest BCUT2D eigenvalue weighted by Crippen LogP contribution is -2.40. The van der Waals surface area contributed by atoms with E-state index in [-0.39, 0.29) is 11.9 Å². The molecule has 17 heavy (non-hydrogen) atoms. The normalized spacial score (nSPS) is 25.3. The minimum atomic E-state index is -0.272. The van der Waals surface area contributed by atoms with Crippen LogP contribution in [0.2, 0.25) is 0 Å². The highest BCUT2D eigenvalue weighted by atomic mass is 19.1. The molecule has 1 aromatic carbocycles. The molecule has 2 unspecified atom stereocenters. The fourth-order valence-corrected chi connectivity index (χ4v) is 2.45. The first kappa shape index (κ1) is 12.4. The summed E-state index contributed by atoms with van der Waals surface area (Å²) in [6, 6.07) is 6.97. The maximum Gasteiger partial charge on any atom is 0.165 e. The summed E-state index contributed by atoms with van der Waals surface area (Å²) in [5.74, 6) is 0.103. The van der Waals surface area contributed by atoms with E-state index < -0.39 is 0 Å². The Morgan fingerprint density at radius 3 is 2.71 bits per heavy atom. The zero-order valence-electron chi connectivity index (χ0n) is 10.3. The first-order valence-electron chi connectivity index (χ1n) is 6.39. The number of rotatable bonds is 3. The third kappa shape index (κ3) is 3.19. The van der Waals surface area contributed by atoms with E-state index in [4.69, 9.17) is 4.74 Å². The van der Waals surface area contributed by atoms with Gasteiger partial charge in [0.25, 0.3) is 0 Å². The van der Waals surface area contributed by atoms with Crippen molar-refractivity contribution >= 4 is 0 Å². The van der Waals surface area contributed by atoms with Gasteiger partial charge in [-0.25, -0.2) is 4.39 Å². The second kappa shape index (κ2) is 6.01. The quantitative estimate of drug-likeness (QED) is 0.815. The Kier molecular flexibility index (Phi) is 4.37. The third-order valence-corrected chi connectivity index (χ3v) is 3.44. The molecular weight excluding hydrogens is 217 g/mol. The average Bonchev–Trinajstić information content (AvgIpc) is 2.57. The molecule has 1 aliphatic carbocycles. The van der Waals surface area contributed by atoms with Crippen molar-refractivity contribution in [2.24, 2.45) is 0 Å². The Morgan fingerprint density at radius 2 is 1.94 bits per heavy atom. The number of hydrogen-bond acceptors (Lipinski definition) is 2. The van der Waals surface area contributed by atoms with Gasteiger partial charge < -0.3 is 10.1 Å². The molecule has 0 heterocycles. The van der Waals surface area contributed by atoms with Gasteiger partial charge in [0.2, 0.25) is 0 Å². The molecule has 0 aromatic heterocycles. The van der Waals surface area contributed by atoms with Crippen LogP contribution in [0.15, 0.2) is 24.3 Å². The van der Waals surface area contributed by atoms with Crippen LogP contribution >= 0.6 is 0 Å². The number of ether oxygens (including phenoxy) is 1. The molecule has 1 aromatic rings. The standard InChI is InChI=1S/C14H20FNO/c1-16-12-8-3-2-4-10-14(12)17-13-9-6-5-7-11(13)15/h5-7,9,12,14,16H,2-4,8,10H2,1H3. The van der Waals surface area contributed by atoms with E-state index in [9.17, 15) is 4.39 Å². The first-order valence-corrected chi connectivity index (χ1v) is 6.39. The SMILES string of the molecule is CNC1CCCCCC1Oc1ccccc1F. The summed E-state index contributed by atoms with van der Waals surface area (Å²) in [7, 11) is 1.95. The molecule has 0 amide bonds. The van der Waals surface area contributed by atoms with Gasteiger partial charge in [-0.2, -0.15) is 0 Å². The number of para-hydroxylation sites is 1. The summed E-state index contributed by atoms with van der Waals surface area (Å²) in [5, 5.41) is 3.29. The third-order valence-electron chi connectivity index (χ3n) is 3.44. The molecule has 3 heteroatoms. The second-order valence-corrected chi connectivity index (χ2v) is 4.62. The van der Waals surface area contributed by atoms with Gasteiger partial charge in [-0.05, 0) is 38.4 Å². The summed E-state index contributed by atoms with van der Waals surface area (Å²) in [6.07, 6.45) is 5.82. The Hall–Kier alpha value is -1.09. The molecular formula is C14H20FNO. The van der Waals surface area contributed by atoms with Gasteiger partial charge >= 0.3 is 0 Å². The van der Waals surface area contributed by atoms with E-state index in [1.54, 1.807) is 12.1 Å². The highest BCUT2D eigenvalue weighted by Crippen LogP contribution is 2.24. The monoisotopic (exact) mass is 237 g/mol. The van der Waals surface area contributed by atoms with E-state index >= 15 is 0 Å².